The Hall–Kier alpha value is -1.93. The second kappa shape index (κ2) is 5.82. The number of hydrogen-bond acceptors (Lipinski definition) is 7. The molecule has 0 unspecified atom stereocenters. The van der Waals surface area contributed by atoms with Crippen LogP contribution in [0.5, 0.6) is 0 Å². The molecule has 3 aromatic heterocycles. The molecule has 0 aliphatic rings. The Bertz CT molecular complexity index is 842. The van der Waals surface area contributed by atoms with Gasteiger partial charge in [0.2, 0.25) is 0 Å². The summed E-state index contributed by atoms with van der Waals surface area (Å²) in [5.74, 6) is 2.08. The number of nitrogens with one attached hydrogen (secondary N) is 2. The smallest absolute Gasteiger partial charge is 0.251 e. The zero-order valence-electron chi connectivity index (χ0n) is 11.5. The van der Waals surface area contributed by atoms with Crippen molar-refractivity contribution in [1.29, 1.82) is 0 Å². The van der Waals surface area contributed by atoms with Gasteiger partial charge in [-0.2, -0.15) is 0 Å². The maximum Gasteiger partial charge on any atom is 0.251 e. The Morgan fingerprint density at radius 1 is 1.38 bits per heavy atom. The SMILES string of the molecule is CNc1nc(CSc2nc(C)cc(=O)[nH]2)nc2sccc12. The third kappa shape index (κ3) is 3.06. The fourth-order valence-electron chi connectivity index (χ4n) is 1.91. The van der Waals surface area contributed by atoms with Crippen molar-refractivity contribution in [3.8, 4) is 0 Å². The Morgan fingerprint density at radius 3 is 3.00 bits per heavy atom. The fourth-order valence-corrected chi connectivity index (χ4v) is 3.47. The number of rotatable bonds is 4. The zero-order valence-corrected chi connectivity index (χ0v) is 13.1. The van der Waals surface area contributed by atoms with Gasteiger partial charge in [-0.1, -0.05) is 11.8 Å². The number of aryl methyl sites for hydroxylation is 1. The van der Waals surface area contributed by atoms with E-state index in [-0.39, 0.29) is 5.56 Å². The molecule has 0 spiro atoms. The Morgan fingerprint density at radius 2 is 2.24 bits per heavy atom. The van der Waals surface area contributed by atoms with E-state index in [1.165, 1.54) is 17.8 Å². The van der Waals surface area contributed by atoms with E-state index in [4.69, 9.17) is 0 Å². The lowest BCUT2D eigenvalue weighted by molar-refractivity contribution is 0.902. The molecule has 108 valence electrons. The van der Waals surface area contributed by atoms with Gasteiger partial charge >= 0.3 is 0 Å². The summed E-state index contributed by atoms with van der Waals surface area (Å²) >= 11 is 3.00. The molecular formula is C13H13N5OS2. The molecule has 3 heterocycles. The summed E-state index contributed by atoms with van der Waals surface area (Å²) in [6.45, 7) is 1.80. The molecule has 0 aliphatic heterocycles. The van der Waals surface area contributed by atoms with Crippen LogP contribution in [-0.4, -0.2) is 27.0 Å². The van der Waals surface area contributed by atoms with Gasteiger partial charge in [0.25, 0.3) is 5.56 Å². The van der Waals surface area contributed by atoms with E-state index in [1.807, 2.05) is 18.5 Å². The molecule has 0 bridgehead atoms. The molecule has 0 saturated carbocycles. The monoisotopic (exact) mass is 319 g/mol. The third-order valence-electron chi connectivity index (χ3n) is 2.79. The molecule has 0 saturated heterocycles. The number of thioether (sulfide) groups is 1. The third-order valence-corrected chi connectivity index (χ3v) is 4.47. The standard InChI is InChI=1S/C13H13N5OS2/c1-7-5-10(19)18-13(15-7)21-6-9-16-11(14-2)8-3-4-20-12(8)17-9/h3-5H,6H2,1-2H3,(H,14,16,17)(H,15,18,19). The van der Waals surface area contributed by atoms with Gasteiger partial charge in [-0.15, -0.1) is 11.3 Å². The molecule has 8 heteroatoms. The summed E-state index contributed by atoms with van der Waals surface area (Å²) in [6.07, 6.45) is 0. The van der Waals surface area contributed by atoms with Crippen molar-refractivity contribution >= 4 is 39.1 Å². The van der Waals surface area contributed by atoms with E-state index in [0.29, 0.717) is 22.4 Å². The summed E-state index contributed by atoms with van der Waals surface area (Å²) in [4.78, 5) is 28.4. The topological polar surface area (TPSA) is 83.6 Å². The van der Waals surface area contributed by atoms with Crippen LogP contribution in [0.3, 0.4) is 0 Å². The largest absolute Gasteiger partial charge is 0.372 e. The van der Waals surface area contributed by atoms with Crippen LogP contribution in [0.4, 0.5) is 5.82 Å². The molecule has 0 radical (unpaired) electrons. The molecule has 0 aromatic carbocycles. The molecule has 3 rings (SSSR count). The number of aromatic amines is 1. The van der Waals surface area contributed by atoms with Crippen LogP contribution < -0.4 is 10.9 Å². The summed E-state index contributed by atoms with van der Waals surface area (Å²) in [5.41, 5.74) is 0.558. The maximum absolute atomic E-state index is 11.4. The van der Waals surface area contributed by atoms with Crippen LogP contribution in [0.15, 0.2) is 27.5 Å². The first-order valence-electron chi connectivity index (χ1n) is 6.28. The molecule has 21 heavy (non-hydrogen) atoms. The highest BCUT2D eigenvalue weighted by Crippen LogP contribution is 2.26. The summed E-state index contributed by atoms with van der Waals surface area (Å²) in [7, 11) is 1.84. The molecule has 0 atom stereocenters. The average Bonchev–Trinajstić information content (AvgIpc) is 2.91. The predicted molar refractivity (Wildman–Crippen MR) is 86.1 cm³/mol. The van der Waals surface area contributed by atoms with Crippen LogP contribution in [0.1, 0.15) is 11.5 Å². The number of anilines is 1. The van der Waals surface area contributed by atoms with Gasteiger partial charge in [-0.25, -0.2) is 15.0 Å². The summed E-state index contributed by atoms with van der Waals surface area (Å²) in [6, 6.07) is 3.47. The minimum absolute atomic E-state index is 0.143. The molecule has 3 aromatic rings. The van der Waals surface area contributed by atoms with Gasteiger partial charge in [-0.05, 0) is 18.4 Å². The highest BCUT2D eigenvalue weighted by molar-refractivity contribution is 7.98. The Kier molecular flexibility index (Phi) is 3.89. The van der Waals surface area contributed by atoms with Gasteiger partial charge in [0, 0.05) is 18.8 Å². The van der Waals surface area contributed by atoms with Crippen LogP contribution in [0.25, 0.3) is 10.2 Å². The molecule has 0 amide bonds. The van der Waals surface area contributed by atoms with E-state index < -0.39 is 0 Å². The van der Waals surface area contributed by atoms with Gasteiger partial charge in [-0.3, -0.25) is 4.79 Å². The van der Waals surface area contributed by atoms with E-state index in [2.05, 4.69) is 25.3 Å². The zero-order chi connectivity index (χ0) is 14.8. The first-order valence-corrected chi connectivity index (χ1v) is 8.15. The second-order valence-corrected chi connectivity index (χ2v) is 6.22. The number of hydrogen-bond donors (Lipinski definition) is 2. The van der Waals surface area contributed by atoms with Crippen LogP contribution in [-0.2, 0) is 5.75 Å². The Labute approximate surface area is 129 Å². The highest BCUT2D eigenvalue weighted by Gasteiger charge is 2.09. The summed E-state index contributed by atoms with van der Waals surface area (Å²) in [5, 5.41) is 6.69. The number of aromatic nitrogens is 4. The van der Waals surface area contributed by atoms with Crippen molar-refractivity contribution in [3.63, 3.8) is 0 Å². The second-order valence-electron chi connectivity index (χ2n) is 4.36. The number of fused-ring (bicyclic) bond motifs is 1. The van der Waals surface area contributed by atoms with Crippen LogP contribution in [0, 0.1) is 6.92 Å². The molecule has 0 aliphatic carbocycles. The lowest BCUT2D eigenvalue weighted by atomic mass is 10.4. The lowest BCUT2D eigenvalue weighted by Gasteiger charge is -2.05. The van der Waals surface area contributed by atoms with E-state index >= 15 is 0 Å². The van der Waals surface area contributed by atoms with Gasteiger partial charge in [0.05, 0.1) is 11.1 Å². The Balaban J connectivity index is 1.86. The van der Waals surface area contributed by atoms with Crippen molar-refractivity contribution < 1.29 is 0 Å². The first-order chi connectivity index (χ1) is 10.2. The maximum atomic E-state index is 11.4. The molecule has 0 fully saturated rings. The van der Waals surface area contributed by atoms with Crippen molar-refractivity contribution in [3.05, 3.63) is 39.4 Å². The summed E-state index contributed by atoms with van der Waals surface area (Å²) < 4.78 is 0. The number of nitrogens with zero attached hydrogens (tertiary/aromatic N) is 3. The van der Waals surface area contributed by atoms with E-state index in [1.54, 1.807) is 18.3 Å². The number of thiophene rings is 1. The minimum Gasteiger partial charge on any atom is -0.372 e. The first kappa shape index (κ1) is 14.0. The predicted octanol–water partition coefficient (Wildman–Crippen LogP) is 2.42. The van der Waals surface area contributed by atoms with Gasteiger partial charge in [0.1, 0.15) is 16.5 Å². The fraction of sp³-hybridized carbons (Fsp3) is 0.231. The van der Waals surface area contributed by atoms with Crippen molar-refractivity contribution in [2.45, 2.75) is 17.8 Å². The minimum atomic E-state index is -0.143. The molecular weight excluding hydrogens is 306 g/mol. The molecule has 2 N–H and O–H groups in total. The van der Waals surface area contributed by atoms with Crippen molar-refractivity contribution in [2.75, 3.05) is 12.4 Å². The molecule has 6 nitrogen and oxygen atoms in total. The van der Waals surface area contributed by atoms with Crippen LogP contribution >= 0.6 is 23.1 Å². The van der Waals surface area contributed by atoms with Crippen molar-refractivity contribution in [2.24, 2.45) is 0 Å². The van der Waals surface area contributed by atoms with Gasteiger partial charge in [0.15, 0.2) is 5.16 Å². The van der Waals surface area contributed by atoms with Crippen LogP contribution in [0.2, 0.25) is 0 Å². The number of H-pyrrole nitrogens is 1. The van der Waals surface area contributed by atoms with Crippen molar-refractivity contribution in [1.82, 2.24) is 19.9 Å². The van der Waals surface area contributed by atoms with Gasteiger partial charge < -0.3 is 10.3 Å². The highest BCUT2D eigenvalue weighted by atomic mass is 32.2. The van der Waals surface area contributed by atoms with E-state index in [0.717, 1.165) is 16.0 Å². The normalized spacial score (nSPS) is 11.0. The average molecular weight is 319 g/mol. The lowest BCUT2D eigenvalue weighted by Crippen LogP contribution is -2.08. The van der Waals surface area contributed by atoms with E-state index in [9.17, 15) is 4.79 Å². The quantitative estimate of drug-likeness (QED) is 0.567.